The van der Waals surface area contributed by atoms with Gasteiger partial charge in [-0.05, 0) is 57.5 Å². The summed E-state index contributed by atoms with van der Waals surface area (Å²) in [6.07, 6.45) is 2.72. The Morgan fingerprint density at radius 2 is 1.92 bits per heavy atom. The lowest BCUT2D eigenvalue weighted by Crippen LogP contribution is -2.39. The average molecular weight is 630 g/mol. The predicted octanol–water partition coefficient (Wildman–Crippen LogP) is 7.73. The highest BCUT2D eigenvalue weighted by molar-refractivity contribution is 9.10. The summed E-state index contributed by atoms with van der Waals surface area (Å²) in [4.78, 5) is 36.9. The topological polar surface area (TPSA) is 93.7 Å². The Bertz CT molecular complexity index is 1280. The number of hydrogen-bond acceptors (Lipinski definition) is 8. The SMILES string of the molecule is C=C[C@@H](Cc1sc2c(N(Cc3nccs3)C(=O)OC(C)(C)C)cc(Cl)nc2c1Br)NC(=O)OC(C)(C)C. The first-order valence-electron chi connectivity index (χ1n) is 11.4. The van der Waals surface area contributed by atoms with E-state index in [0.717, 1.165) is 19.1 Å². The first-order chi connectivity index (χ1) is 17.2. The van der Waals surface area contributed by atoms with Gasteiger partial charge in [0.05, 0.1) is 33.0 Å². The van der Waals surface area contributed by atoms with Crippen LogP contribution in [0, 0.1) is 0 Å². The molecule has 3 aromatic heterocycles. The molecule has 0 aliphatic rings. The van der Waals surface area contributed by atoms with Gasteiger partial charge in [-0.1, -0.05) is 17.7 Å². The monoisotopic (exact) mass is 628 g/mol. The van der Waals surface area contributed by atoms with E-state index in [-0.39, 0.29) is 11.7 Å². The van der Waals surface area contributed by atoms with Gasteiger partial charge in [-0.2, -0.15) is 0 Å². The van der Waals surface area contributed by atoms with Crippen molar-refractivity contribution in [1.82, 2.24) is 15.3 Å². The second-order valence-electron chi connectivity index (χ2n) is 10.2. The van der Waals surface area contributed by atoms with Crippen molar-refractivity contribution in [2.24, 2.45) is 0 Å². The summed E-state index contributed by atoms with van der Waals surface area (Å²) < 4.78 is 12.6. The Morgan fingerprint density at radius 1 is 1.24 bits per heavy atom. The molecule has 0 spiro atoms. The van der Waals surface area contributed by atoms with Gasteiger partial charge in [0.15, 0.2) is 0 Å². The number of hydrogen-bond donors (Lipinski definition) is 1. The summed E-state index contributed by atoms with van der Waals surface area (Å²) in [5.41, 5.74) is -0.145. The zero-order chi connectivity index (χ0) is 27.5. The van der Waals surface area contributed by atoms with Crippen LogP contribution < -0.4 is 10.2 Å². The summed E-state index contributed by atoms with van der Waals surface area (Å²) in [6.45, 7) is 14.9. The molecule has 0 bridgehead atoms. The number of thiophene rings is 1. The lowest BCUT2D eigenvalue weighted by Gasteiger charge is -2.27. The summed E-state index contributed by atoms with van der Waals surface area (Å²) >= 11 is 13.0. The van der Waals surface area contributed by atoms with E-state index in [0.29, 0.717) is 17.6 Å². The van der Waals surface area contributed by atoms with Crippen LogP contribution in [-0.4, -0.2) is 39.4 Å². The van der Waals surface area contributed by atoms with Gasteiger partial charge in [0.1, 0.15) is 21.4 Å². The maximum absolute atomic E-state index is 13.3. The van der Waals surface area contributed by atoms with Crippen molar-refractivity contribution < 1.29 is 19.1 Å². The first kappa shape index (κ1) is 29.3. The van der Waals surface area contributed by atoms with Gasteiger partial charge in [-0.3, -0.25) is 4.90 Å². The summed E-state index contributed by atoms with van der Waals surface area (Å²) in [5, 5.41) is 5.66. The van der Waals surface area contributed by atoms with Gasteiger partial charge in [0.25, 0.3) is 0 Å². The van der Waals surface area contributed by atoms with E-state index in [1.807, 2.05) is 26.2 Å². The zero-order valence-corrected chi connectivity index (χ0v) is 25.5. The molecule has 0 fully saturated rings. The molecular weight excluding hydrogens is 600 g/mol. The van der Waals surface area contributed by atoms with E-state index < -0.39 is 29.4 Å². The zero-order valence-electron chi connectivity index (χ0n) is 21.6. The summed E-state index contributed by atoms with van der Waals surface area (Å²) in [5.74, 6) is 0. The minimum Gasteiger partial charge on any atom is -0.444 e. The van der Waals surface area contributed by atoms with Crippen molar-refractivity contribution in [2.75, 3.05) is 4.90 Å². The van der Waals surface area contributed by atoms with Crippen LogP contribution in [0.5, 0.6) is 0 Å². The normalized spacial score (nSPS) is 12.8. The van der Waals surface area contributed by atoms with E-state index in [4.69, 9.17) is 21.1 Å². The third-order valence-corrected chi connectivity index (χ3v) is 7.97. The number of amides is 2. The van der Waals surface area contributed by atoms with Crippen molar-refractivity contribution in [3.63, 3.8) is 0 Å². The van der Waals surface area contributed by atoms with E-state index in [2.05, 4.69) is 37.8 Å². The van der Waals surface area contributed by atoms with E-state index in [1.165, 1.54) is 27.6 Å². The van der Waals surface area contributed by atoms with Gasteiger partial charge in [0, 0.05) is 28.9 Å². The molecule has 8 nitrogen and oxygen atoms in total. The molecule has 3 heterocycles. The average Bonchev–Trinajstić information content (AvgIpc) is 3.37. The van der Waals surface area contributed by atoms with Gasteiger partial charge >= 0.3 is 12.2 Å². The predicted molar refractivity (Wildman–Crippen MR) is 154 cm³/mol. The number of fused-ring (bicyclic) bond motifs is 1. The highest BCUT2D eigenvalue weighted by atomic mass is 79.9. The van der Waals surface area contributed by atoms with Crippen LogP contribution in [0.25, 0.3) is 10.2 Å². The summed E-state index contributed by atoms with van der Waals surface area (Å²) in [6, 6.07) is 1.26. The number of rotatable bonds is 7. The summed E-state index contributed by atoms with van der Waals surface area (Å²) in [7, 11) is 0. The van der Waals surface area contributed by atoms with Crippen LogP contribution >= 0.6 is 50.2 Å². The molecule has 0 radical (unpaired) electrons. The number of nitrogens with zero attached hydrogens (tertiary/aromatic N) is 3. The van der Waals surface area contributed by atoms with Crippen LogP contribution in [0.1, 0.15) is 51.4 Å². The number of alkyl carbamates (subject to hydrolysis) is 1. The molecule has 0 aliphatic heterocycles. The van der Waals surface area contributed by atoms with Crippen molar-refractivity contribution in [2.45, 2.75) is 71.8 Å². The molecule has 0 saturated heterocycles. The fourth-order valence-electron chi connectivity index (χ4n) is 3.25. The third kappa shape index (κ3) is 8.13. The van der Waals surface area contributed by atoms with Gasteiger partial charge in [-0.25, -0.2) is 19.6 Å². The smallest absolute Gasteiger partial charge is 0.415 e. The Hall–Kier alpha value is -2.21. The lowest BCUT2D eigenvalue weighted by molar-refractivity contribution is 0.0512. The molecule has 1 atom stereocenters. The maximum Gasteiger partial charge on any atom is 0.415 e. The highest BCUT2D eigenvalue weighted by Gasteiger charge is 2.29. The van der Waals surface area contributed by atoms with Crippen molar-refractivity contribution in [1.29, 1.82) is 0 Å². The molecule has 3 aromatic rings. The Morgan fingerprint density at radius 3 is 2.49 bits per heavy atom. The fourth-order valence-corrected chi connectivity index (χ4v) is 6.08. The quantitative estimate of drug-likeness (QED) is 0.212. The van der Waals surface area contributed by atoms with Crippen LogP contribution in [0.4, 0.5) is 15.3 Å². The molecule has 37 heavy (non-hydrogen) atoms. The van der Waals surface area contributed by atoms with E-state index in [1.54, 1.807) is 39.1 Å². The highest BCUT2D eigenvalue weighted by Crippen LogP contribution is 2.42. The number of carbonyl (C=O) groups excluding carboxylic acids is 2. The Kier molecular flexibility index (Phi) is 9.26. The van der Waals surface area contributed by atoms with E-state index in [9.17, 15) is 9.59 Å². The molecule has 0 aromatic carbocycles. The number of ether oxygens (including phenoxy) is 2. The van der Waals surface area contributed by atoms with Gasteiger partial charge in [-0.15, -0.1) is 29.3 Å². The molecule has 0 saturated carbocycles. The van der Waals surface area contributed by atoms with Gasteiger partial charge < -0.3 is 14.8 Å². The van der Waals surface area contributed by atoms with E-state index >= 15 is 0 Å². The lowest BCUT2D eigenvalue weighted by atomic mass is 10.1. The van der Waals surface area contributed by atoms with Crippen molar-refractivity contribution >= 4 is 78.3 Å². The Labute approximate surface area is 238 Å². The molecule has 0 unspecified atom stereocenters. The van der Waals surface area contributed by atoms with Crippen LogP contribution in [0.3, 0.4) is 0 Å². The largest absolute Gasteiger partial charge is 0.444 e. The molecule has 2 amide bonds. The minimum atomic E-state index is -0.695. The number of halogens is 2. The van der Waals surface area contributed by atoms with Gasteiger partial charge in [0.2, 0.25) is 0 Å². The fraction of sp³-hybridized carbons (Fsp3) is 0.440. The molecule has 1 N–H and O–H groups in total. The number of thiazole rings is 1. The molecule has 0 aliphatic carbocycles. The second kappa shape index (κ2) is 11.7. The number of aromatic nitrogens is 2. The minimum absolute atomic E-state index is 0.211. The van der Waals surface area contributed by atoms with Crippen LogP contribution in [0.15, 0.2) is 34.8 Å². The molecular formula is C25H30BrClN4O4S2. The maximum atomic E-state index is 13.3. The third-order valence-electron chi connectivity index (χ3n) is 4.67. The standard InChI is InChI=1S/C25H30BrClN4O4S2/c1-8-14(29-22(32)34-24(2,3)4)11-16-19(26)20-21(37-16)15(12-17(27)30-20)31(13-18-28-9-10-36-18)23(33)35-25(5,6)7/h8-10,12,14H,1,11,13H2,2-7H3,(H,29,32)/t14-/m0/s1. The van der Waals surface area contributed by atoms with Crippen LogP contribution in [0.2, 0.25) is 5.15 Å². The number of carbonyl (C=O) groups is 2. The second-order valence-corrected chi connectivity index (χ2v) is 13.4. The molecule has 12 heteroatoms. The first-order valence-corrected chi connectivity index (χ1v) is 14.3. The molecule has 200 valence electrons. The number of nitrogens with one attached hydrogen (secondary N) is 1. The number of anilines is 1. The van der Waals surface area contributed by atoms with Crippen molar-refractivity contribution in [3.8, 4) is 0 Å². The Balaban J connectivity index is 2.01. The number of pyridine rings is 1. The molecule has 3 rings (SSSR count). The van der Waals surface area contributed by atoms with Crippen LogP contribution in [-0.2, 0) is 22.4 Å². The van der Waals surface area contributed by atoms with Crippen molar-refractivity contribution in [3.05, 3.63) is 49.8 Å².